The maximum atomic E-state index is 13.4. The number of hydrogen-bond donors (Lipinski definition) is 1. The molecule has 2 amide bonds. The number of amides is 2. The van der Waals surface area contributed by atoms with Crippen LogP contribution in [-0.2, 0) is 9.59 Å². The summed E-state index contributed by atoms with van der Waals surface area (Å²) in [6.45, 7) is 1.87. The number of non-ortho nitro benzene ring substituents is 1. The van der Waals surface area contributed by atoms with Gasteiger partial charge in [0.15, 0.2) is 16.6 Å². The lowest BCUT2D eigenvalue weighted by Crippen LogP contribution is -2.54. The number of nitrogens with zero attached hydrogens (tertiary/aromatic N) is 3. The number of benzene rings is 3. The first kappa shape index (κ1) is 30.1. The summed E-state index contributed by atoms with van der Waals surface area (Å²) in [5.41, 5.74) is -0.783. The number of ether oxygens (including phenoxy) is 2. The minimum absolute atomic E-state index is 0.0849. The Morgan fingerprint density at radius 2 is 1.78 bits per heavy atom. The smallest absolute Gasteiger partial charge is 0.318 e. The molecule has 1 saturated heterocycles. The Bertz CT molecular complexity index is 1680. The van der Waals surface area contributed by atoms with Crippen molar-refractivity contribution in [2.45, 2.75) is 6.92 Å². The molecule has 0 spiro atoms. The standard InChI is InChI=1S/C25H15Cl2IN4O8S/c1-2-39-21-9-12(8-17(28)22(21)40-20-6-4-14(31(35)36)11-19(20)32(37)38)7-15-23(33)29-25(41)30(24(15)34)18-5-3-13(26)10-16(18)27/h3-11H,2H2,1H3,(H,29,33,41)/b15-7+. The Morgan fingerprint density at radius 1 is 1.05 bits per heavy atom. The van der Waals surface area contributed by atoms with Crippen LogP contribution in [-0.4, -0.2) is 33.4 Å². The highest BCUT2D eigenvalue weighted by molar-refractivity contribution is 14.1. The van der Waals surface area contributed by atoms with Crippen molar-refractivity contribution in [1.82, 2.24) is 5.32 Å². The lowest BCUT2D eigenvalue weighted by atomic mass is 10.1. The largest absolute Gasteiger partial charge is 0.490 e. The summed E-state index contributed by atoms with van der Waals surface area (Å²) in [6.07, 6.45) is 1.32. The molecule has 0 atom stereocenters. The van der Waals surface area contributed by atoms with Gasteiger partial charge >= 0.3 is 5.69 Å². The Kier molecular flexibility index (Phi) is 9.06. The van der Waals surface area contributed by atoms with Crippen molar-refractivity contribution >= 4 is 98.1 Å². The molecule has 1 heterocycles. The van der Waals surface area contributed by atoms with Gasteiger partial charge in [0.25, 0.3) is 17.5 Å². The second kappa shape index (κ2) is 12.3. The molecule has 12 nitrogen and oxygen atoms in total. The fraction of sp³-hybridized carbons (Fsp3) is 0.0800. The van der Waals surface area contributed by atoms with Crippen LogP contribution in [0.15, 0.2) is 54.1 Å². The molecule has 0 radical (unpaired) electrons. The van der Waals surface area contributed by atoms with Crippen molar-refractivity contribution in [3.05, 3.63) is 93.5 Å². The van der Waals surface area contributed by atoms with Gasteiger partial charge in [-0.25, -0.2) is 0 Å². The monoisotopic (exact) mass is 728 g/mol. The van der Waals surface area contributed by atoms with E-state index in [1.54, 1.807) is 13.0 Å². The highest BCUT2D eigenvalue weighted by Gasteiger charge is 2.35. The van der Waals surface area contributed by atoms with E-state index in [9.17, 15) is 29.8 Å². The van der Waals surface area contributed by atoms with Gasteiger partial charge in [-0.15, -0.1) is 0 Å². The quantitative estimate of drug-likeness (QED) is 0.0690. The molecule has 1 fully saturated rings. The minimum atomic E-state index is -0.801. The number of nitro benzene ring substituents is 2. The van der Waals surface area contributed by atoms with E-state index >= 15 is 0 Å². The summed E-state index contributed by atoms with van der Waals surface area (Å²) in [7, 11) is 0. The normalized spacial score (nSPS) is 14.2. The van der Waals surface area contributed by atoms with Gasteiger partial charge in [-0.05, 0) is 89.8 Å². The molecule has 1 aliphatic heterocycles. The Hall–Kier alpha value is -3.86. The number of carbonyl (C=O) groups is 2. The third kappa shape index (κ3) is 6.40. The Balaban J connectivity index is 1.75. The van der Waals surface area contributed by atoms with E-state index < -0.39 is 33.0 Å². The van der Waals surface area contributed by atoms with Crippen molar-refractivity contribution in [1.29, 1.82) is 0 Å². The van der Waals surface area contributed by atoms with Gasteiger partial charge in [-0.2, -0.15) is 0 Å². The van der Waals surface area contributed by atoms with Gasteiger partial charge in [-0.3, -0.25) is 40.0 Å². The number of rotatable bonds is 8. The topological polar surface area (TPSA) is 154 Å². The van der Waals surface area contributed by atoms with E-state index in [-0.39, 0.29) is 45.3 Å². The maximum Gasteiger partial charge on any atom is 0.318 e. The number of anilines is 1. The summed E-state index contributed by atoms with van der Waals surface area (Å²) < 4.78 is 11.9. The van der Waals surface area contributed by atoms with Crippen LogP contribution in [0, 0.1) is 23.8 Å². The first-order chi connectivity index (χ1) is 19.4. The zero-order valence-electron chi connectivity index (χ0n) is 20.6. The van der Waals surface area contributed by atoms with Gasteiger partial charge in [0.05, 0.1) is 36.8 Å². The van der Waals surface area contributed by atoms with Crippen LogP contribution in [0.25, 0.3) is 6.08 Å². The first-order valence-corrected chi connectivity index (χ1v) is 13.6. The summed E-state index contributed by atoms with van der Waals surface area (Å²) in [5, 5.41) is 25.4. The van der Waals surface area contributed by atoms with Gasteiger partial charge in [0.1, 0.15) is 5.57 Å². The van der Waals surface area contributed by atoms with Crippen molar-refractivity contribution < 1.29 is 28.9 Å². The molecule has 3 aromatic rings. The number of carbonyl (C=O) groups excluding carboxylic acids is 2. The molecule has 1 N–H and O–H groups in total. The molecule has 1 aliphatic rings. The van der Waals surface area contributed by atoms with E-state index in [4.69, 9.17) is 44.9 Å². The van der Waals surface area contributed by atoms with Gasteiger partial charge in [0.2, 0.25) is 5.75 Å². The third-order valence-electron chi connectivity index (χ3n) is 5.46. The van der Waals surface area contributed by atoms with Crippen LogP contribution < -0.4 is 19.7 Å². The van der Waals surface area contributed by atoms with Gasteiger partial charge in [0, 0.05) is 11.1 Å². The average Bonchev–Trinajstić information content (AvgIpc) is 2.89. The van der Waals surface area contributed by atoms with Crippen LogP contribution in [0.2, 0.25) is 10.0 Å². The highest BCUT2D eigenvalue weighted by atomic mass is 127. The second-order valence-electron chi connectivity index (χ2n) is 8.08. The molecule has 4 rings (SSSR count). The maximum absolute atomic E-state index is 13.4. The lowest BCUT2D eigenvalue weighted by Gasteiger charge is -2.29. The molecule has 0 aliphatic carbocycles. The van der Waals surface area contributed by atoms with Crippen LogP contribution >= 0.6 is 58.0 Å². The molecule has 210 valence electrons. The third-order valence-corrected chi connectivity index (χ3v) is 7.08. The molecule has 0 aromatic heterocycles. The summed E-state index contributed by atoms with van der Waals surface area (Å²) in [5.74, 6) is -1.51. The van der Waals surface area contributed by atoms with Crippen LogP contribution in [0.3, 0.4) is 0 Å². The van der Waals surface area contributed by atoms with E-state index in [1.807, 2.05) is 22.6 Å². The summed E-state index contributed by atoms with van der Waals surface area (Å²) in [4.78, 5) is 48.4. The fourth-order valence-corrected chi connectivity index (χ4v) is 5.20. The van der Waals surface area contributed by atoms with Gasteiger partial charge in [-0.1, -0.05) is 23.2 Å². The number of thiocarbonyl (C=S) groups is 1. The number of nitro groups is 2. The fourth-order valence-electron chi connectivity index (χ4n) is 3.70. The van der Waals surface area contributed by atoms with Crippen molar-refractivity contribution in [2.24, 2.45) is 0 Å². The van der Waals surface area contributed by atoms with Gasteiger partial charge < -0.3 is 9.47 Å². The molecule has 3 aromatic carbocycles. The van der Waals surface area contributed by atoms with E-state index in [0.29, 0.717) is 14.2 Å². The van der Waals surface area contributed by atoms with Crippen LogP contribution in [0.4, 0.5) is 17.1 Å². The number of hydrogen-bond acceptors (Lipinski definition) is 9. The highest BCUT2D eigenvalue weighted by Crippen LogP contribution is 2.42. The Morgan fingerprint density at radius 3 is 2.41 bits per heavy atom. The molecule has 16 heteroatoms. The number of halogens is 3. The van der Waals surface area contributed by atoms with Crippen LogP contribution in [0.1, 0.15) is 12.5 Å². The SMILES string of the molecule is CCOc1cc(/C=C2\C(=O)NC(=S)N(c3ccc(Cl)cc3Cl)C2=O)cc(I)c1Oc1ccc([N+](=O)[O-])cc1[N+](=O)[O-]. The van der Waals surface area contributed by atoms with Crippen molar-refractivity contribution in [3.8, 4) is 17.2 Å². The predicted molar refractivity (Wildman–Crippen MR) is 163 cm³/mol. The first-order valence-electron chi connectivity index (χ1n) is 11.3. The molecule has 0 bridgehead atoms. The Labute approximate surface area is 260 Å². The molecular formula is C25H15Cl2IN4O8S. The molecule has 0 saturated carbocycles. The average molecular weight is 729 g/mol. The van der Waals surface area contributed by atoms with Crippen molar-refractivity contribution in [2.75, 3.05) is 11.5 Å². The van der Waals surface area contributed by atoms with E-state index in [1.165, 1.54) is 30.3 Å². The second-order valence-corrected chi connectivity index (χ2v) is 10.5. The van der Waals surface area contributed by atoms with E-state index in [0.717, 1.165) is 23.1 Å². The summed E-state index contributed by atoms with van der Waals surface area (Å²) >= 11 is 19.3. The number of nitrogens with one attached hydrogen (secondary N) is 1. The minimum Gasteiger partial charge on any atom is -0.490 e. The summed E-state index contributed by atoms with van der Waals surface area (Å²) in [6, 6.07) is 10.4. The molecular weight excluding hydrogens is 714 g/mol. The predicted octanol–water partition coefficient (Wildman–Crippen LogP) is 6.44. The van der Waals surface area contributed by atoms with Crippen molar-refractivity contribution in [3.63, 3.8) is 0 Å². The lowest BCUT2D eigenvalue weighted by molar-refractivity contribution is -0.394. The zero-order valence-corrected chi connectivity index (χ0v) is 25.0. The van der Waals surface area contributed by atoms with Crippen LogP contribution in [0.5, 0.6) is 17.2 Å². The molecule has 0 unspecified atom stereocenters. The molecule has 41 heavy (non-hydrogen) atoms. The zero-order chi connectivity index (χ0) is 30.0. The van der Waals surface area contributed by atoms with E-state index in [2.05, 4.69) is 5.32 Å².